The average Bonchev–Trinajstić information content (AvgIpc) is 2.65. The molecular formula is C11H18N2O2. The van der Waals surface area contributed by atoms with Crippen LogP contribution in [-0.2, 0) is 9.59 Å². The van der Waals surface area contributed by atoms with E-state index < -0.39 is 0 Å². The van der Waals surface area contributed by atoms with Gasteiger partial charge in [0.25, 0.3) is 0 Å². The first-order valence-electron chi connectivity index (χ1n) is 5.73. The van der Waals surface area contributed by atoms with E-state index in [1.807, 2.05) is 9.80 Å². The quantitative estimate of drug-likeness (QED) is 0.636. The molecule has 0 bridgehead atoms. The van der Waals surface area contributed by atoms with Gasteiger partial charge in [-0.15, -0.1) is 0 Å². The molecule has 4 heteroatoms. The van der Waals surface area contributed by atoms with Crippen LogP contribution in [0, 0.1) is 0 Å². The molecule has 4 nitrogen and oxygen atoms in total. The molecule has 0 spiro atoms. The van der Waals surface area contributed by atoms with Gasteiger partial charge in [-0.2, -0.15) is 0 Å². The Hall–Kier alpha value is -1.06. The number of carbonyl (C=O) groups excluding carboxylic acids is 2. The Labute approximate surface area is 90.2 Å². The van der Waals surface area contributed by atoms with E-state index in [-0.39, 0.29) is 5.91 Å². The Bertz CT molecular complexity index is 270. The largest absolute Gasteiger partial charge is 0.343 e. The van der Waals surface area contributed by atoms with Crippen molar-refractivity contribution in [3.8, 4) is 0 Å². The number of carbonyl (C=O) groups is 2. The molecule has 2 aliphatic heterocycles. The molecule has 2 fully saturated rings. The van der Waals surface area contributed by atoms with Crippen molar-refractivity contribution in [2.24, 2.45) is 0 Å². The van der Waals surface area contributed by atoms with Crippen LogP contribution < -0.4 is 0 Å². The predicted molar refractivity (Wildman–Crippen MR) is 56.2 cm³/mol. The van der Waals surface area contributed by atoms with Gasteiger partial charge in [0.2, 0.25) is 11.8 Å². The molecule has 2 rings (SSSR count). The summed E-state index contributed by atoms with van der Waals surface area (Å²) in [4.78, 5) is 26.6. The lowest BCUT2D eigenvalue weighted by Gasteiger charge is -2.36. The molecule has 0 aromatic heterocycles. The lowest BCUT2D eigenvalue weighted by atomic mass is 10.0. The van der Waals surface area contributed by atoms with Gasteiger partial charge in [0.05, 0.1) is 0 Å². The zero-order chi connectivity index (χ0) is 10.8. The highest BCUT2D eigenvalue weighted by atomic mass is 16.2. The van der Waals surface area contributed by atoms with Crippen molar-refractivity contribution in [3.05, 3.63) is 0 Å². The molecule has 0 aromatic rings. The lowest BCUT2D eigenvalue weighted by molar-refractivity contribution is -0.133. The van der Waals surface area contributed by atoms with Gasteiger partial charge in [-0.1, -0.05) is 0 Å². The maximum atomic E-state index is 11.5. The Morgan fingerprint density at radius 2 is 1.93 bits per heavy atom. The molecule has 2 aliphatic rings. The van der Waals surface area contributed by atoms with Gasteiger partial charge < -0.3 is 9.80 Å². The molecule has 0 atom stereocenters. The van der Waals surface area contributed by atoms with Crippen molar-refractivity contribution in [1.82, 2.24) is 9.80 Å². The van der Waals surface area contributed by atoms with Gasteiger partial charge in [-0.25, -0.2) is 0 Å². The fraction of sp³-hybridized carbons (Fsp3) is 0.818. The van der Waals surface area contributed by atoms with E-state index in [0.29, 0.717) is 18.4 Å². The number of amides is 2. The zero-order valence-corrected chi connectivity index (χ0v) is 9.24. The van der Waals surface area contributed by atoms with Crippen LogP contribution in [0.2, 0.25) is 0 Å². The molecule has 2 saturated heterocycles. The molecule has 2 amide bonds. The summed E-state index contributed by atoms with van der Waals surface area (Å²) in [5, 5.41) is 0. The summed E-state index contributed by atoms with van der Waals surface area (Å²) in [6, 6.07) is 0.385. The van der Waals surface area contributed by atoms with Gasteiger partial charge in [0.1, 0.15) is 0 Å². The molecule has 0 radical (unpaired) electrons. The number of rotatable bonds is 1. The molecule has 84 valence electrons. The first-order valence-corrected chi connectivity index (χ1v) is 5.73. The SMILES string of the molecule is CC(=O)N1CCC(N2CCCC2=O)CC1. The summed E-state index contributed by atoms with van der Waals surface area (Å²) in [7, 11) is 0. The summed E-state index contributed by atoms with van der Waals surface area (Å²) < 4.78 is 0. The normalized spacial score (nSPS) is 23.7. The number of nitrogens with zero attached hydrogens (tertiary/aromatic N) is 2. The highest BCUT2D eigenvalue weighted by Crippen LogP contribution is 2.21. The van der Waals surface area contributed by atoms with Crippen molar-refractivity contribution in [2.45, 2.75) is 38.6 Å². The van der Waals surface area contributed by atoms with Gasteiger partial charge in [-0.05, 0) is 19.3 Å². The Balaban J connectivity index is 1.87. The van der Waals surface area contributed by atoms with E-state index in [1.54, 1.807) is 6.92 Å². The van der Waals surface area contributed by atoms with E-state index in [9.17, 15) is 9.59 Å². The van der Waals surface area contributed by atoms with Crippen molar-refractivity contribution >= 4 is 11.8 Å². The highest BCUT2D eigenvalue weighted by molar-refractivity contribution is 5.78. The summed E-state index contributed by atoms with van der Waals surface area (Å²) in [6.45, 7) is 4.15. The first-order chi connectivity index (χ1) is 7.18. The van der Waals surface area contributed by atoms with Crippen molar-refractivity contribution in [2.75, 3.05) is 19.6 Å². The van der Waals surface area contributed by atoms with Gasteiger partial charge in [0, 0.05) is 39.0 Å². The van der Waals surface area contributed by atoms with Crippen LogP contribution in [0.15, 0.2) is 0 Å². The molecule has 15 heavy (non-hydrogen) atoms. The molecule has 0 saturated carbocycles. The Kier molecular flexibility index (Phi) is 2.93. The van der Waals surface area contributed by atoms with Gasteiger partial charge in [-0.3, -0.25) is 9.59 Å². The van der Waals surface area contributed by atoms with E-state index >= 15 is 0 Å². The summed E-state index contributed by atoms with van der Waals surface area (Å²) in [5.74, 6) is 0.456. The third-order valence-electron chi connectivity index (χ3n) is 3.46. The molecular weight excluding hydrogens is 192 g/mol. The second-order valence-electron chi connectivity index (χ2n) is 4.43. The maximum Gasteiger partial charge on any atom is 0.222 e. The number of hydrogen-bond acceptors (Lipinski definition) is 2. The van der Waals surface area contributed by atoms with E-state index in [4.69, 9.17) is 0 Å². The standard InChI is InChI=1S/C11H18N2O2/c1-9(14)12-7-4-10(5-8-12)13-6-2-3-11(13)15/h10H,2-8H2,1H3. The van der Waals surface area contributed by atoms with Crippen molar-refractivity contribution in [1.29, 1.82) is 0 Å². The first kappa shape index (κ1) is 10.5. The van der Waals surface area contributed by atoms with Crippen LogP contribution in [0.25, 0.3) is 0 Å². The lowest BCUT2D eigenvalue weighted by Crippen LogP contribution is -2.46. The van der Waals surface area contributed by atoms with Gasteiger partial charge >= 0.3 is 0 Å². The molecule has 0 aliphatic carbocycles. The van der Waals surface area contributed by atoms with Crippen LogP contribution in [0.1, 0.15) is 32.6 Å². The van der Waals surface area contributed by atoms with E-state index in [2.05, 4.69) is 0 Å². The third-order valence-corrected chi connectivity index (χ3v) is 3.46. The van der Waals surface area contributed by atoms with Crippen LogP contribution >= 0.6 is 0 Å². The number of likely N-dealkylation sites (tertiary alicyclic amines) is 2. The van der Waals surface area contributed by atoms with Gasteiger partial charge in [0.15, 0.2) is 0 Å². The monoisotopic (exact) mass is 210 g/mol. The highest BCUT2D eigenvalue weighted by Gasteiger charge is 2.30. The van der Waals surface area contributed by atoms with Crippen LogP contribution in [0.4, 0.5) is 0 Å². The summed E-state index contributed by atoms with van der Waals surface area (Å²) >= 11 is 0. The predicted octanol–water partition coefficient (Wildman–Crippen LogP) is 0.620. The molecule has 0 unspecified atom stereocenters. The van der Waals surface area contributed by atoms with Crippen LogP contribution in [-0.4, -0.2) is 47.3 Å². The zero-order valence-electron chi connectivity index (χ0n) is 9.24. The summed E-state index contributed by atoms with van der Waals surface area (Å²) in [6.07, 6.45) is 3.62. The topological polar surface area (TPSA) is 40.6 Å². The van der Waals surface area contributed by atoms with E-state index in [1.165, 1.54) is 0 Å². The van der Waals surface area contributed by atoms with E-state index in [0.717, 1.165) is 38.9 Å². The fourth-order valence-electron chi connectivity index (χ4n) is 2.55. The van der Waals surface area contributed by atoms with Crippen molar-refractivity contribution < 1.29 is 9.59 Å². The second kappa shape index (κ2) is 4.21. The minimum absolute atomic E-state index is 0.154. The van der Waals surface area contributed by atoms with Crippen molar-refractivity contribution in [3.63, 3.8) is 0 Å². The fourth-order valence-corrected chi connectivity index (χ4v) is 2.55. The smallest absolute Gasteiger partial charge is 0.222 e. The molecule has 0 aromatic carbocycles. The Morgan fingerprint density at radius 3 is 2.40 bits per heavy atom. The average molecular weight is 210 g/mol. The number of piperidine rings is 1. The minimum Gasteiger partial charge on any atom is -0.343 e. The van der Waals surface area contributed by atoms with Crippen LogP contribution in [0.5, 0.6) is 0 Å². The minimum atomic E-state index is 0.154. The molecule has 2 heterocycles. The second-order valence-corrected chi connectivity index (χ2v) is 4.43. The summed E-state index contributed by atoms with van der Waals surface area (Å²) in [5.41, 5.74) is 0. The third kappa shape index (κ3) is 2.13. The van der Waals surface area contributed by atoms with Crippen LogP contribution in [0.3, 0.4) is 0 Å². The Morgan fingerprint density at radius 1 is 1.27 bits per heavy atom. The molecule has 0 N–H and O–H groups in total. The number of hydrogen-bond donors (Lipinski definition) is 0. The maximum absolute atomic E-state index is 11.5.